The number of unbranched alkanes of at least 4 members (excludes halogenated alkanes) is 2. The summed E-state index contributed by atoms with van der Waals surface area (Å²) in [5.74, 6) is -15.0. The molecule has 0 amide bonds. The molecule has 38 nitrogen and oxygen atoms in total. The molecule has 0 N–H and O–H groups in total. The lowest BCUT2D eigenvalue weighted by Gasteiger charge is -2.18. The maximum atomic E-state index is 14.0. The molecule has 0 atom stereocenters. The minimum Gasteiger partial charge on any atom is -0.716 e. The molecule has 0 aliphatic rings. The molecule has 0 saturated carbocycles. The molecule has 2 heterocycles. The molecule has 0 spiro atoms. The van der Waals surface area contributed by atoms with Crippen molar-refractivity contribution in [1.29, 1.82) is 0 Å². The smallest absolute Gasteiger partial charge is 0.262 e. The molecule has 444 valence electrons. The van der Waals surface area contributed by atoms with Gasteiger partial charge in [-0.3, -0.25) is 9.59 Å². The van der Waals surface area contributed by atoms with Crippen LogP contribution in [0.4, 0.5) is 0 Å². The molecular formula is C35H20O38S8-8. The molecule has 0 unspecified atom stereocenters. The van der Waals surface area contributed by atoms with E-state index in [1.165, 1.54) is 0 Å². The summed E-state index contributed by atoms with van der Waals surface area (Å²) in [5.41, 5.74) is -6.99. The van der Waals surface area contributed by atoms with E-state index in [0.717, 1.165) is 0 Å². The van der Waals surface area contributed by atoms with Crippen LogP contribution in [0, 0.1) is 0 Å². The fourth-order valence-electron chi connectivity index (χ4n) is 6.53. The largest absolute Gasteiger partial charge is 0.716 e. The van der Waals surface area contributed by atoms with Crippen molar-refractivity contribution in [3.8, 4) is 80.1 Å². The van der Waals surface area contributed by atoms with Crippen molar-refractivity contribution in [3.63, 3.8) is 0 Å². The van der Waals surface area contributed by atoms with Crippen molar-refractivity contribution in [2.45, 2.75) is 19.3 Å². The van der Waals surface area contributed by atoms with Crippen LogP contribution in [0.5, 0.6) is 57.5 Å². The van der Waals surface area contributed by atoms with Gasteiger partial charge in [-0.1, -0.05) is 0 Å². The summed E-state index contributed by atoms with van der Waals surface area (Å²) in [7, 11) is -46.7. The van der Waals surface area contributed by atoms with Crippen LogP contribution in [0.3, 0.4) is 0 Å². The third kappa shape index (κ3) is 18.3. The molecule has 6 rings (SSSR count). The van der Waals surface area contributed by atoms with E-state index in [9.17, 15) is 113 Å². The molecule has 46 heteroatoms. The lowest BCUT2D eigenvalue weighted by molar-refractivity contribution is 0.281. The van der Waals surface area contributed by atoms with Crippen LogP contribution in [0.15, 0.2) is 79.1 Å². The zero-order valence-corrected chi connectivity index (χ0v) is 44.6. The number of rotatable bonds is 26. The summed E-state index contributed by atoms with van der Waals surface area (Å²) in [6.45, 7) is -1.21. The number of hydrogen-bond acceptors (Lipinski definition) is 38. The maximum absolute atomic E-state index is 14.0. The molecule has 0 bridgehead atoms. The average molecular weight is 1310 g/mol. The van der Waals surface area contributed by atoms with E-state index in [1.54, 1.807) is 0 Å². The molecular weight excluding hydrogens is 1280 g/mol. The van der Waals surface area contributed by atoms with Gasteiger partial charge in [0.1, 0.15) is 44.9 Å². The highest BCUT2D eigenvalue weighted by atomic mass is 32.3. The summed E-state index contributed by atoms with van der Waals surface area (Å²) in [6, 6.07) is 4.52. The number of ether oxygens (including phenoxy) is 2. The summed E-state index contributed by atoms with van der Waals surface area (Å²) < 4.78 is 332. The molecule has 0 saturated heterocycles. The van der Waals surface area contributed by atoms with Gasteiger partial charge in [-0.15, -0.1) is 0 Å². The fourth-order valence-corrected chi connectivity index (χ4v) is 9.32. The standard InChI is InChI=1S/C35H28O38S8/c36-30-28-24(12-18(66-74(38,39)40)14-26(28)64-32(34(30)72-80(56,57)58)16-4-6-20(68-76(44,45)46)22(10-16)70-78(50,51)52)62-8-2-1-3-9-63-25-13-19(67-75(41,42)43)15-27-29(25)31(37)35(73-81(59,60)61)33(65-27)17-5-7-21(69-77(47,48)49)23(11-17)71-79(53,54)55/h4-7,10-15H,1-3,8-9H2,(H,38,39,40)(H,41,42,43)(H,44,45,46)(H,47,48,49)(H,50,51,52)(H,53,54,55)(H,56,57,58)(H,59,60,61)/p-8. The third-order valence-electron chi connectivity index (χ3n) is 9.03. The molecule has 0 radical (unpaired) electrons. The minimum absolute atomic E-state index is 0.108. The summed E-state index contributed by atoms with van der Waals surface area (Å²) >= 11 is 0. The molecule has 4 aromatic carbocycles. The predicted octanol–water partition coefficient (Wildman–Crippen LogP) is -1.43. The highest BCUT2D eigenvalue weighted by Crippen LogP contribution is 2.43. The van der Waals surface area contributed by atoms with Crippen LogP contribution >= 0.6 is 0 Å². The number of fused-ring (bicyclic) bond motifs is 2. The maximum Gasteiger partial charge on any atom is 0.262 e. The second-order valence-electron chi connectivity index (χ2n) is 14.8. The summed E-state index contributed by atoms with van der Waals surface area (Å²) in [4.78, 5) is 27.9. The van der Waals surface area contributed by atoms with E-state index in [4.69, 9.17) is 18.3 Å². The van der Waals surface area contributed by atoms with Crippen LogP contribution in [0.1, 0.15) is 19.3 Å². The first-order chi connectivity index (χ1) is 36.9. The molecule has 6 aromatic rings. The highest BCUT2D eigenvalue weighted by Gasteiger charge is 2.28. The molecule has 0 aliphatic heterocycles. The molecule has 2 aromatic heterocycles. The first-order valence-corrected chi connectivity index (χ1v) is 30.6. The number of hydrogen-bond donors (Lipinski definition) is 0. The van der Waals surface area contributed by atoms with Crippen molar-refractivity contribution >= 4 is 105 Å². The van der Waals surface area contributed by atoms with E-state index >= 15 is 0 Å². The second-order valence-corrected chi connectivity index (χ2v) is 22.6. The van der Waals surface area contributed by atoms with Crippen molar-refractivity contribution in [1.82, 2.24) is 0 Å². The van der Waals surface area contributed by atoms with E-state index in [-0.39, 0.29) is 31.4 Å². The Morgan fingerprint density at radius 3 is 0.926 bits per heavy atom. The van der Waals surface area contributed by atoms with Crippen molar-refractivity contribution < 1.29 is 156 Å². The Morgan fingerprint density at radius 1 is 0.333 bits per heavy atom. The topological polar surface area (TPSA) is 610 Å². The Bertz CT molecular complexity index is 4300. The van der Waals surface area contributed by atoms with Gasteiger partial charge in [0.25, 0.3) is 83.2 Å². The van der Waals surface area contributed by atoms with Gasteiger partial charge in [0.15, 0.2) is 34.5 Å². The summed E-state index contributed by atoms with van der Waals surface area (Å²) in [6.07, 6.45) is -0.518. The predicted molar refractivity (Wildman–Crippen MR) is 243 cm³/mol. The minimum atomic E-state index is -6.03. The van der Waals surface area contributed by atoms with Gasteiger partial charge in [0.05, 0.1) is 13.2 Å². The quantitative estimate of drug-likeness (QED) is 0.0341. The van der Waals surface area contributed by atoms with Crippen LogP contribution in [0.25, 0.3) is 44.6 Å². The van der Waals surface area contributed by atoms with Gasteiger partial charge in [-0.25, -0.2) is 67.3 Å². The Morgan fingerprint density at radius 2 is 0.630 bits per heavy atom. The van der Waals surface area contributed by atoms with E-state index < -0.39 is 209 Å². The fraction of sp³-hybridized carbons (Fsp3) is 0.143. The normalized spacial score (nSPS) is 12.8. The van der Waals surface area contributed by atoms with Gasteiger partial charge in [-0.05, 0) is 55.7 Å². The Balaban J connectivity index is 1.35. The van der Waals surface area contributed by atoms with Gasteiger partial charge >= 0.3 is 0 Å². The first-order valence-electron chi connectivity index (χ1n) is 20.0. The van der Waals surface area contributed by atoms with Gasteiger partial charge in [-0.2, -0.15) is 0 Å². The second kappa shape index (κ2) is 22.8. The zero-order chi connectivity index (χ0) is 60.6. The van der Waals surface area contributed by atoms with Crippen molar-refractivity contribution in [2.24, 2.45) is 0 Å². The highest BCUT2D eigenvalue weighted by molar-refractivity contribution is 7.82. The van der Waals surface area contributed by atoms with Crippen LogP contribution in [0.2, 0.25) is 0 Å². The molecule has 81 heavy (non-hydrogen) atoms. The van der Waals surface area contributed by atoms with Gasteiger partial charge < -0.3 is 88.2 Å². The van der Waals surface area contributed by atoms with E-state index in [2.05, 4.69) is 33.5 Å². The van der Waals surface area contributed by atoms with Crippen molar-refractivity contribution in [2.75, 3.05) is 13.2 Å². The van der Waals surface area contributed by atoms with Crippen LogP contribution in [-0.4, -0.2) is 117 Å². The Hall–Kier alpha value is -7.42. The van der Waals surface area contributed by atoms with E-state index in [0.29, 0.717) is 48.5 Å². The summed E-state index contributed by atoms with van der Waals surface area (Å²) in [5, 5.41) is -1.89. The Labute approximate surface area is 452 Å². The lowest BCUT2D eigenvalue weighted by Crippen LogP contribution is -2.17. The van der Waals surface area contributed by atoms with Gasteiger partial charge in [0.2, 0.25) is 22.4 Å². The lowest BCUT2D eigenvalue weighted by atomic mass is 10.1. The number of benzene rings is 4. The zero-order valence-electron chi connectivity index (χ0n) is 38.1. The van der Waals surface area contributed by atoms with Crippen LogP contribution in [-0.2, 0) is 83.2 Å². The molecule has 0 aliphatic carbocycles. The average Bonchev–Trinajstić information content (AvgIpc) is 3.25. The van der Waals surface area contributed by atoms with Gasteiger partial charge in [0, 0.05) is 35.4 Å². The van der Waals surface area contributed by atoms with E-state index in [1.807, 2.05) is 0 Å². The SMILES string of the molecule is O=c1c(OS(=O)(=O)[O-])c(-c2ccc(OS(=O)(=O)[O-])c(OS(=O)(=O)[O-])c2)oc2cc(OS(=O)(=O)[O-])cc(OCCCCCOc3cc(OS(=O)(=O)[O-])cc4oc(-c5ccc(OS(=O)(=O)[O-])c(OS(=O)(=O)[O-])c5)c(OS(=O)(=O)[O-])c(=O)c34)c12. The first kappa shape index (κ1) is 62.8. The third-order valence-corrected chi connectivity index (χ3v) is 12.1. The molecule has 0 fully saturated rings. The monoisotopic (exact) mass is 1300 g/mol. The van der Waals surface area contributed by atoms with Crippen molar-refractivity contribution in [3.05, 3.63) is 81.1 Å². The Kier molecular flexibility index (Phi) is 17.7. The van der Waals surface area contributed by atoms with Crippen LogP contribution < -0.4 is 53.8 Å².